The largest absolute Gasteiger partial charge is 0.354 e. The number of carbonyl (C=O) groups excluding carboxylic acids is 1. The average molecular weight is 278 g/mol. The molecule has 2 heterocycles. The van der Waals surface area contributed by atoms with Gasteiger partial charge in [-0.25, -0.2) is 9.89 Å². The van der Waals surface area contributed by atoms with E-state index in [1.165, 1.54) is 0 Å². The fraction of sp³-hybridized carbons (Fsp3) is 0.500. The third-order valence-corrected chi connectivity index (χ3v) is 2.89. The summed E-state index contributed by atoms with van der Waals surface area (Å²) in [5, 5.41) is 13.1. The first-order valence-corrected chi connectivity index (χ1v) is 6.46. The number of aromatic amines is 2. The number of nitrogens with zero attached hydrogens (tertiary/aromatic N) is 3. The summed E-state index contributed by atoms with van der Waals surface area (Å²) in [5.41, 5.74) is 1.69. The highest BCUT2D eigenvalue weighted by atomic mass is 16.2. The summed E-state index contributed by atoms with van der Waals surface area (Å²) >= 11 is 0. The number of amides is 1. The molecule has 0 saturated carbocycles. The summed E-state index contributed by atoms with van der Waals surface area (Å²) in [4.78, 5) is 25.0. The first-order valence-electron chi connectivity index (χ1n) is 6.46. The molecular weight excluding hydrogens is 260 g/mol. The van der Waals surface area contributed by atoms with E-state index in [0.717, 1.165) is 11.4 Å². The van der Waals surface area contributed by atoms with Gasteiger partial charge >= 0.3 is 5.69 Å². The monoisotopic (exact) mass is 278 g/mol. The fourth-order valence-corrected chi connectivity index (χ4v) is 1.95. The van der Waals surface area contributed by atoms with Crippen molar-refractivity contribution in [1.29, 1.82) is 0 Å². The van der Waals surface area contributed by atoms with Crippen molar-refractivity contribution in [3.63, 3.8) is 0 Å². The Hall–Kier alpha value is -2.38. The van der Waals surface area contributed by atoms with E-state index in [0.29, 0.717) is 25.3 Å². The molecule has 0 spiro atoms. The highest BCUT2D eigenvalue weighted by Crippen LogP contribution is 2.00. The second kappa shape index (κ2) is 6.18. The van der Waals surface area contributed by atoms with Gasteiger partial charge in [-0.15, -0.1) is 0 Å². The van der Waals surface area contributed by atoms with E-state index in [1.54, 1.807) is 0 Å². The van der Waals surface area contributed by atoms with Crippen LogP contribution < -0.4 is 11.0 Å². The molecule has 0 fully saturated rings. The Morgan fingerprint density at radius 1 is 1.45 bits per heavy atom. The van der Waals surface area contributed by atoms with Crippen molar-refractivity contribution in [2.24, 2.45) is 0 Å². The van der Waals surface area contributed by atoms with Crippen molar-refractivity contribution in [3.05, 3.63) is 33.8 Å². The Balaban J connectivity index is 1.70. The van der Waals surface area contributed by atoms with Gasteiger partial charge in [0.2, 0.25) is 5.91 Å². The highest BCUT2D eigenvalue weighted by molar-refractivity contribution is 5.75. The van der Waals surface area contributed by atoms with Crippen LogP contribution in [0, 0.1) is 13.8 Å². The summed E-state index contributed by atoms with van der Waals surface area (Å²) in [6.07, 6.45) is 0.697. The van der Waals surface area contributed by atoms with E-state index in [1.807, 2.05) is 24.6 Å². The average Bonchev–Trinajstić information content (AvgIpc) is 2.93. The lowest BCUT2D eigenvalue weighted by molar-refractivity contribution is -0.121. The molecular formula is C12H18N6O2. The van der Waals surface area contributed by atoms with Crippen molar-refractivity contribution in [1.82, 2.24) is 30.3 Å². The van der Waals surface area contributed by atoms with Gasteiger partial charge in [0.25, 0.3) is 0 Å². The van der Waals surface area contributed by atoms with E-state index in [-0.39, 0.29) is 18.0 Å². The van der Waals surface area contributed by atoms with Gasteiger partial charge in [-0.2, -0.15) is 10.2 Å². The normalized spacial score (nSPS) is 10.7. The van der Waals surface area contributed by atoms with E-state index in [2.05, 4.69) is 25.6 Å². The van der Waals surface area contributed by atoms with Gasteiger partial charge in [0.1, 0.15) is 5.82 Å². The lowest BCUT2D eigenvalue weighted by atomic mass is 10.3. The molecule has 8 heteroatoms. The number of hydrogen-bond donors (Lipinski definition) is 3. The van der Waals surface area contributed by atoms with E-state index in [9.17, 15) is 9.59 Å². The number of hydrogen-bond acceptors (Lipinski definition) is 4. The van der Waals surface area contributed by atoms with E-state index in [4.69, 9.17) is 0 Å². The van der Waals surface area contributed by atoms with Crippen molar-refractivity contribution in [2.45, 2.75) is 33.2 Å². The van der Waals surface area contributed by atoms with Crippen LogP contribution in [0.3, 0.4) is 0 Å². The van der Waals surface area contributed by atoms with Crippen LogP contribution in [0.25, 0.3) is 0 Å². The predicted octanol–water partition coefficient (Wildman–Crippen LogP) is -0.340. The maximum Gasteiger partial charge on any atom is 0.340 e. The number of rotatable bonds is 6. The van der Waals surface area contributed by atoms with Gasteiger partial charge < -0.3 is 5.32 Å². The zero-order valence-corrected chi connectivity index (χ0v) is 11.6. The molecule has 2 aromatic rings. The smallest absolute Gasteiger partial charge is 0.340 e. The Kier molecular flexibility index (Phi) is 4.34. The van der Waals surface area contributed by atoms with Crippen molar-refractivity contribution < 1.29 is 4.79 Å². The molecule has 0 radical (unpaired) electrons. The zero-order valence-electron chi connectivity index (χ0n) is 11.6. The third-order valence-electron chi connectivity index (χ3n) is 2.89. The minimum Gasteiger partial charge on any atom is -0.354 e. The second-order valence-electron chi connectivity index (χ2n) is 4.62. The standard InChI is InChI=1S/C12H18N6O2/c1-8-7-9(2)18(17-8)6-5-13-11(19)4-3-10-14-12(20)16-15-10/h7H,3-6H2,1-2H3,(H,13,19)(H2,14,15,16,20). The second-order valence-corrected chi connectivity index (χ2v) is 4.62. The fourth-order valence-electron chi connectivity index (χ4n) is 1.95. The Labute approximate surface area is 115 Å². The molecule has 8 nitrogen and oxygen atoms in total. The van der Waals surface area contributed by atoms with Gasteiger partial charge in [-0.05, 0) is 19.9 Å². The molecule has 0 atom stereocenters. The van der Waals surface area contributed by atoms with Gasteiger partial charge in [0.15, 0.2) is 0 Å². The number of aromatic nitrogens is 5. The topological polar surface area (TPSA) is 108 Å². The molecule has 0 aliphatic carbocycles. The van der Waals surface area contributed by atoms with Gasteiger partial charge in [-0.3, -0.25) is 14.5 Å². The maximum atomic E-state index is 11.6. The highest BCUT2D eigenvalue weighted by Gasteiger charge is 2.05. The lowest BCUT2D eigenvalue weighted by Gasteiger charge is -2.06. The molecule has 2 rings (SSSR count). The summed E-state index contributed by atoms with van der Waals surface area (Å²) < 4.78 is 1.86. The van der Waals surface area contributed by atoms with E-state index < -0.39 is 0 Å². The van der Waals surface area contributed by atoms with Crippen LogP contribution in [0.15, 0.2) is 10.9 Å². The van der Waals surface area contributed by atoms with Crippen LogP contribution in [0.5, 0.6) is 0 Å². The Bertz CT molecular complexity index is 638. The van der Waals surface area contributed by atoms with Gasteiger partial charge in [-0.1, -0.05) is 0 Å². The van der Waals surface area contributed by atoms with Gasteiger partial charge in [0, 0.05) is 25.1 Å². The van der Waals surface area contributed by atoms with E-state index >= 15 is 0 Å². The van der Waals surface area contributed by atoms with Crippen LogP contribution in [0.2, 0.25) is 0 Å². The number of carbonyl (C=O) groups is 1. The molecule has 0 unspecified atom stereocenters. The molecule has 3 N–H and O–H groups in total. The first-order chi connectivity index (χ1) is 9.54. The minimum absolute atomic E-state index is 0.0737. The third kappa shape index (κ3) is 3.81. The van der Waals surface area contributed by atoms with Crippen molar-refractivity contribution >= 4 is 5.91 Å². The Morgan fingerprint density at radius 2 is 2.25 bits per heavy atom. The summed E-state index contributed by atoms with van der Waals surface area (Å²) in [5.74, 6) is 0.416. The molecule has 0 aliphatic rings. The van der Waals surface area contributed by atoms with Crippen LogP contribution in [0.1, 0.15) is 23.6 Å². The number of aryl methyl sites for hydroxylation is 3. The SMILES string of the molecule is Cc1cc(C)n(CCNC(=O)CCc2n[nH]c(=O)[nH]2)n1. The molecule has 0 aromatic carbocycles. The maximum absolute atomic E-state index is 11.6. The zero-order chi connectivity index (χ0) is 14.5. The predicted molar refractivity (Wildman–Crippen MR) is 72.2 cm³/mol. The molecule has 20 heavy (non-hydrogen) atoms. The summed E-state index contributed by atoms with van der Waals surface area (Å²) in [6.45, 7) is 5.09. The van der Waals surface area contributed by atoms with Crippen molar-refractivity contribution in [3.8, 4) is 0 Å². The lowest BCUT2D eigenvalue weighted by Crippen LogP contribution is -2.28. The van der Waals surface area contributed by atoms with Gasteiger partial charge in [0.05, 0.1) is 12.2 Å². The van der Waals surface area contributed by atoms with Crippen LogP contribution in [-0.2, 0) is 17.8 Å². The molecule has 108 valence electrons. The summed E-state index contributed by atoms with van der Waals surface area (Å²) in [6, 6.07) is 2.00. The molecule has 2 aromatic heterocycles. The minimum atomic E-state index is -0.357. The quantitative estimate of drug-likeness (QED) is 0.671. The number of H-pyrrole nitrogens is 2. The van der Waals surface area contributed by atoms with Crippen molar-refractivity contribution in [2.75, 3.05) is 6.54 Å². The summed E-state index contributed by atoms with van der Waals surface area (Å²) in [7, 11) is 0. The molecule has 1 amide bonds. The molecule has 0 bridgehead atoms. The number of nitrogens with one attached hydrogen (secondary N) is 3. The molecule has 0 aliphatic heterocycles. The Morgan fingerprint density at radius 3 is 2.85 bits per heavy atom. The molecule has 0 saturated heterocycles. The van der Waals surface area contributed by atoms with Crippen LogP contribution >= 0.6 is 0 Å². The van der Waals surface area contributed by atoms with Crippen LogP contribution in [-0.4, -0.2) is 37.4 Å². The first kappa shape index (κ1) is 14.0. The van der Waals surface area contributed by atoms with Crippen LogP contribution in [0.4, 0.5) is 0 Å².